The predicted molar refractivity (Wildman–Crippen MR) is 76.6 cm³/mol. The molecule has 0 saturated heterocycles. The predicted octanol–water partition coefficient (Wildman–Crippen LogP) is 4.52. The minimum Gasteiger partial charge on any atom is -0.399 e. The van der Waals surface area contributed by atoms with Crippen LogP contribution in [0.2, 0.25) is 5.02 Å². The van der Waals surface area contributed by atoms with Crippen LogP contribution in [0.3, 0.4) is 0 Å². The second kappa shape index (κ2) is 5.48. The highest BCUT2D eigenvalue weighted by atomic mass is 35.5. The van der Waals surface area contributed by atoms with Crippen molar-refractivity contribution in [2.45, 2.75) is 17.6 Å². The number of benzene rings is 2. The third-order valence-corrected chi connectivity index (χ3v) is 4.13. The van der Waals surface area contributed by atoms with Crippen LogP contribution in [0.15, 0.2) is 47.4 Å². The number of aryl methyl sites for hydroxylation is 1. The van der Waals surface area contributed by atoms with E-state index < -0.39 is 0 Å². The smallest absolute Gasteiger partial charge is 0.0466 e. The Bertz CT molecular complexity index is 525. The van der Waals surface area contributed by atoms with E-state index in [-0.39, 0.29) is 0 Å². The molecule has 0 aromatic heterocycles. The molecule has 2 N–H and O–H groups in total. The van der Waals surface area contributed by atoms with Crippen LogP contribution >= 0.6 is 23.4 Å². The SMILES string of the molecule is Cc1ccccc1SCc1ccc(N)cc1Cl. The first-order valence-electron chi connectivity index (χ1n) is 5.39. The average molecular weight is 264 g/mol. The molecule has 0 bridgehead atoms. The summed E-state index contributed by atoms with van der Waals surface area (Å²) in [5, 5.41) is 0.742. The molecular weight excluding hydrogens is 250 g/mol. The molecule has 0 heterocycles. The van der Waals surface area contributed by atoms with E-state index in [4.69, 9.17) is 17.3 Å². The zero-order valence-electron chi connectivity index (χ0n) is 9.61. The quantitative estimate of drug-likeness (QED) is 0.651. The first-order valence-corrected chi connectivity index (χ1v) is 6.75. The van der Waals surface area contributed by atoms with Crippen molar-refractivity contribution in [2.75, 3.05) is 5.73 Å². The number of thioether (sulfide) groups is 1. The van der Waals surface area contributed by atoms with Crippen LogP contribution in [0.4, 0.5) is 5.69 Å². The third-order valence-electron chi connectivity index (χ3n) is 2.55. The molecule has 0 aliphatic heterocycles. The number of nitrogens with two attached hydrogens (primary N) is 1. The number of nitrogen functional groups attached to an aromatic ring is 1. The van der Waals surface area contributed by atoms with Crippen LogP contribution in [0.1, 0.15) is 11.1 Å². The molecule has 88 valence electrons. The normalized spacial score (nSPS) is 10.5. The molecule has 0 unspecified atom stereocenters. The van der Waals surface area contributed by atoms with Gasteiger partial charge in [-0.05, 0) is 36.2 Å². The molecule has 2 aromatic rings. The Balaban J connectivity index is 2.10. The molecular formula is C14H14ClNS. The maximum absolute atomic E-state index is 6.14. The molecule has 0 amide bonds. The Morgan fingerprint density at radius 2 is 1.94 bits per heavy atom. The molecule has 0 radical (unpaired) electrons. The largest absolute Gasteiger partial charge is 0.399 e. The van der Waals surface area contributed by atoms with Gasteiger partial charge in [-0.2, -0.15) is 0 Å². The monoisotopic (exact) mass is 263 g/mol. The highest BCUT2D eigenvalue weighted by Gasteiger charge is 2.03. The van der Waals surface area contributed by atoms with Crippen LogP contribution < -0.4 is 5.73 Å². The molecule has 3 heteroatoms. The lowest BCUT2D eigenvalue weighted by molar-refractivity contribution is 1.29. The minimum absolute atomic E-state index is 0.708. The maximum Gasteiger partial charge on any atom is 0.0466 e. The van der Waals surface area contributed by atoms with Gasteiger partial charge in [-0.1, -0.05) is 35.9 Å². The highest BCUT2D eigenvalue weighted by molar-refractivity contribution is 7.98. The summed E-state index contributed by atoms with van der Waals surface area (Å²) in [6.07, 6.45) is 0. The van der Waals surface area contributed by atoms with E-state index in [0.29, 0.717) is 5.69 Å². The van der Waals surface area contributed by atoms with Crippen molar-refractivity contribution in [3.8, 4) is 0 Å². The summed E-state index contributed by atoms with van der Waals surface area (Å²) in [5.41, 5.74) is 8.79. The third kappa shape index (κ3) is 3.18. The fraction of sp³-hybridized carbons (Fsp3) is 0.143. The van der Waals surface area contributed by atoms with Gasteiger partial charge in [-0.3, -0.25) is 0 Å². The molecule has 1 nitrogen and oxygen atoms in total. The van der Waals surface area contributed by atoms with E-state index in [1.165, 1.54) is 10.5 Å². The van der Waals surface area contributed by atoms with E-state index >= 15 is 0 Å². The van der Waals surface area contributed by atoms with Gasteiger partial charge in [0.15, 0.2) is 0 Å². The fourth-order valence-corrected chi connectivity index (χ4v) is 2.92. The maximum atomic E-state index is 6.14. The van der Waals surface area contributed by atoms with Crippen molar-refractivity contribution >= 4 is 29.1 Å². The summed E-state index contributed by atoms with van der Waals surface area (Å²) in [4.78, 5) is 1.29. The van der Waals surface area contributed by atoms with E-state index in [0.717, 1.165) is 16.3 Å². The van der Waals surface area contributed by atoms with Crippen LogP contribution in [-0.4, -0.2) is 0 Å². The van der Waals surface area contributed by atoms with Crippen molar-refractivity contribution in [2.24, 2.45) is 0 Å². The van der Waals surface area contributed by atoms with Gasteiger partial charge in [-0.15, -0.1) is 11.8 Å². The van der Waals surface area contributed by atoms with Crippen molar-refractivity contribution in [1.82, 2.24) is 0 Å². The number of anilines is 1. The Hall–Kier alpha value is -1.12. The van der Waals surface area contributed by atoms with E-state index in [1.807, 2.05) is 12.1 Å². The van der Waals surface area contributed by atoms with Crippen molar-refractivity contribution < 1.29 is 0 Å². The summed E-state index contributed by atoms with van der Waals surface area (Å²) < 4.78 is 0. The molecule has 0 atom stereocenters. The van der Waals surface area contributed by atoms with Crippen molar-refractivity contribution in [3.63, 3.8) is 0 Å². The summed E-state index contributed by atoms with van der Waals surface area (Å²) in [6.45, 7) is 2.12. The van der Waals surface area contributed by atoms with Gasteiger partial charge >= 0.3 is 0 Å². The zero-order valence-corrected chi connectivity index (χ0v) is 11.2. The summed E-state index contributed by atoms with van der Waals surface area (Å²) in [5.74, 6) is 0.865. The van der Waals surface area contributed by atoms with Crippen molar-refractivity contribution in [3.05, 3.63) is 58.6 Å². The van der Waals surface area contributed by atoms with E-state index in [2.05, 4.69) is 31.2 Å². The molecule has 17 heavy (non-hydrogen) atoms. The first kappa shape index (κ1) is 12.3. The lowest BCUT2D eigenvalue weighted by Crippen LogP contribution is -1.88. The number of halogens is 1. The molecule has 0 aliphatic carbocycles. The standard InChI is InChI=1S/C14H14ClNS/c1-10-4-2-3-5-14(10)17-9-11-6-7-12(16)8-13(11)15/h2-8H,9,16H2,1H3. The second-order valence-corrected chi connectivity index (χ2v) is 5.33. The van der Waals surface area contributed by atoms with Crippen LogP contribution in [0.5, 0.6) is 0 Å². The second-order valence-electron chi connectivity index (χ2n) is 3.91. The van der Waals surface area contributed by atoms with Gasteiger partial charge in [0, 0.05) is 21.4 Å². The van der Waals surface area contributed by atoms with Gasteiger partial charge in [0.2, 0.25) is 0 Å². The lowest BCUT2D eigenvalue weighted by Gasteiger charge is -2.07. The van der Waals surface area contributed by atoms with Gasteiger partial charge in [0.1, 0.15) is 0 Å². The Labute approximate surface area is 111 Å². The van der Waals surface area contributed by atoms with Crippen LogP contribution in [0, 0.1) is 6.92 Å². The fourth-order valence-electron chi connectivity index (χ4n) is 1.55. The molecule has 0 spiro atoms. The summed E-state index contributed by atoms with van der Waals surface area (Å²) in [7, 11) is 0. The van der Waals surface area contributed by atoms with E-state index in [1.54, 1.807) is 17.8 Å². The van der Waals surface area contributed by atoms with Crippen molar-refractivity contribution in [1.29, 1.82) is 0 Å². The van der Waals surface area contributed by atoms with Gasteiger partial charge in [0.25, 0.3) is 0 Å². The van der Waals surface area contributed by atoms with E-state index in [9.17, 15) is 0 Å². The molecule has 0 saturated carbocycles. The topological polar surface area (TPSA) is 26.0 Å². The molecule has 2 rings (SSSR count). The molecule has 0 fully saturated rings. The van der Waals surface area contributed by atoms with Gasteiger partial charge in [-0.25, -0.2) is 0 Å². The number of hydrogen-bond acceptors (Lipinski definition) is 2. The zero-order chi connectivity index (χ0) is 12.3. The average Bonchev–Trinajstić information content (AvgIpc) is 2.30. The van der Waals surface area contributed by atoms with Crippen LogP contribution in [-0.2, 0) is 5.75 Å². The van der Waals surface area contributed by atoms with Crippen LogP contribution in [0.25, 0.3) is 0 Å². The minimum atomic E-state index is 0.708. The Morgan fingerprint density at radius 1 is 1.18 bits per heavy atom. The first-order chi connectivity index (χ1) is 8.16. The summed E-state index contributed by atoms with van der Waals surface area (Å²) >= 11 is 7.94. The Morgan fingerprint density at radius 3 is 2.65 bits per heavy atom. The lowest BCUT2D eigenvalue weighted by atomic mass is 10.2. The molecule has 2 aromatic carbocycles. The van der Waals surface area contributed by atoms with Gasteiger partial charge in [0.05, 0.1) is 0 Å². The van der Waals surface area contributed by atoms with Gasteiger partial charge < -0.3 is 5.73 Å². The number of hydrogen-bond donors (Lipinski definition) is 1. The Kier molecular flexibility index (Phi) is 3.97. The molecule has 0 aliphatic rings. The summed E-state index contributed by atoms with van der Waals surface area (Å²) in [6, 6.07) is 14.0. The number of rotatable bonds is 3. The highest BCUT2D eigenvalue weighted by Crippen LogP contribution is 2.29.